The van der Waals surface area contributed by atoms with Gasteiger partial charge in [0.1, 0.15) is 0 Å². The van der Waals surface area contributed by atoms with Gasteiger partial charge < -0.3 is 15.4 Å². The molecule has 2 aliphatic rings. The van der Waals surface area contributed by atoms with Gasteiger partial charge in [0.15, 0.2) is 0 Å². The minimum Gasteiger partial charge on any atom is -0.375 e. The maximum Gasteiger partial charge on any atom is 0.242 e. The largest absolute Gasteiger partial charge is 0.375 e. The van der Waals surface area contributed by atoms with E-state index in [1.54, 1.807) is 0 Å². The number of ether oxygens (including phenoxy) is 1. The number of nitrogens with zero attached hydrogens (tertiary/aromatic N) is 1. The Hall–Kier alpha value is -0.610. The van der Waals surface area contributed by atoms with E-state index < -0.39 is 5.54 Å². The predicted molar refractivity (Wildman–Crippen MR) is 62.0 cm³/mol. The van der Waals surface area contributed by atoms with Crippen LogP contribution in [0.5, 0.6) is 0 Å². The molecule has 1 heterocycles. The first-order chi connectivity index (χ1) is 7.65. The molecule has 1 unspecified atom stereocenters. The molecule has 2 rings (SSSR count). The molecule has 1 atom stereocenters. The molecule has 0 aromatic carbocycles. The Labute approximate surface area is 97.1 Å². The fraction of sp³-hybridized carbons (Fsp3) is 0.917. The summed E-state index contributed by atoms with van der Waals surface area (Å²) in [7, 11) is 0. The van der Waals surface area contributed by atoms with Crippen molar-refractivity contribution < 1.29 is 9.53 Å². The van der Waals surface area contributed by atoms with Crippen molar-refractivity contribution in [3.05, 3.63) is 0 Å². The molecule has 0 spiro atoms. The third kappa shape index (κ3) is 2.23. The highest BCUT2D eigenvalue weighted by molar-refractivity contribution is 5.86. The molecule has 1 aliphatic heterocycles. The van der Waals surface area contributed by atoms with Crippen molar-refractivity contribution in [2.75, 3.05) is 19.7 Å². The van der Waals surface area contributed by atoms with Gasteiger partial charge in [-0.25, -0.2) is 0 Å². The van der Waals surface area contributed by atoms with Crippen molar-refractivity contribution in [1.82, 2.24) is 4.90 Å². The summed E-state index contributed by atoms with van der Waals surface area (Å²) in [6.07, 6.45) is 5.03. The molecule has 1 saturated heterocycles. The first-order valence-corrected chi connectivity index (χ1v) is 6.35. The first kappa shape index (κ1) is 11.9. The highest BCUT2D eigenvalue weighted by atomic mass is 16.5. The Bertz CT molecular complexity index is 262. The van der Waals surface area contributed by atoms with Gasteiger partial charge >= 0.3 is 0 Å². The summed E-state index contributed by atoms with van der Waals surface area (Å²) in [4.78, 5) is 14.2. The number of carbonyl (C=O) groups is 1. The summed E-state index contributed by atoms with van der Waals surface area (Å²) >= 11 is 0. The summed E-state index contributed by atoms with van der Waals surface area (Å²) in [5, 5.41) is 0. The number of rotatable bonds is 2. The van der Waals surface area contributed by atoms with Gasteiger partial charge in [-0.05, 0) is 19.3 Å². The zero-order valence-electron chi connectivity index (χ0n) is 10.1. The summed E-state index contributed by atoms with van der Waals surface area (Å²) in [5.74, 6) is 0.145. The molecule has 0 radical (unpaired) electrons. The average Bonchev–Trinajstić information content (AvgIpc) is 2.76. The molecule has 16 heavy (non-hydrogen) atoms. The predicted octanol–water partition coefficient (Wildman–Crippen LogP) is 0.895. The Morgan fingerprint density at radius 3 is 2.81 bits per heavy atom. The maximum absolute atomic E-state index is 12.3. The van der Waals surface area contributed by atoms with E-state index in [0.717, 1.165) is 32.1 Å². The molecule has 2 N–H and O–H groups in total. The minimum atomic E-state index is -0.574. The SMILES string of the molecule is CCC1CN(C(=O)C2(N)CCCC2)CCO1. The lowest BCUT2D eigenvalue weighted by Crippen LogP contribution is -2.57. The molecule has 1 amide bonds. The second-order valence-electron chi connectivity index (χ2n) is 5.02. The Morgan fingerprint density at radius 2 is 2.19 bits per heavy atom. The fourth-order valence-corrected chi connectivity index (χ4v) is 2.69. The van der Waals surface area contributed by atoms with Gasteiger partial charge in [-0.1, -0.05) is 19.8 Å². The van der Waals surface area contributed by atoms with Crippen LogP contribution < -0.4 is 5.73 Å². The van der Waals surface area contributed by atoms with E-state index in [1.165, 1.54) is 0 Å². The van der Waals surface area contributed by atoms with E-state index >= 15 is 0 Å². The van der Waals surface area contributed by atoms with Gasteiger partial charge in [0.05, 0.1) is 18.2 Å². The van der Waals surface area contributed by atoms with Crippen LogP contribution in [0.3, 0.4) is 0 Å². The van der Waals surface area contributed by atoms with Gasteiger partial charge in [-0.15, -0.1) is 0 Å². The van der Waals surface area contributed by atoms with E-state index in [2.05, 4.69) is 6.92 Å². The van der Waals surface area contributed by atoms with Crippen molar-refractivity contribution in [3.8, 4) is 0 Å². The van der Waals surface area contributed by atoms with Crippen LogP contribution >= 0.6 is 0 Å². The van der Waals surface area contributed by atoms with Gasteiger partial charge in [-0.2, -0.15) is 0 Å². The van der Waals surface area contributed by atoms with Crippen LogP contribution in [0.1, 0.15) is 39.0 Å². The van der Waals surface area contributed by atoms with Gasteiger partial charge in [0, 0.05) is 13.1 Å². The second-order valence-corrected chi connectivity index (χ2v) is 5.02. The van der Waals surface area contributed by atoms with Crippen LogP contribution in [0.25, 0.3) is 0 Å². The smallest absolute Gasteiger partial charge is 0.242 e. The Kier molecular flexibility index (Phi) is 3.50. The van der Waals surface area contributed by atoms with Crippen LogP contribution in [0.4, 0.5) is 0 Å². The van der Waals surface area contributed by atoms with E-state index in [-0.39, 0.29) is 12.0 Å². The van der Waals surface area contributed by atoms with Gasteiger partial charge in [0.25, 0.3) is 0 Å². The monoisotopic (exact) mass is 226 g/mol. The van der Waals surface area contributed by atoms with E-state index in [0.29, 0.717) is 19.7 Å². The Balaban J connectivity index is 1.98. The molecular weight excluding hydrogens is 204 g/mol. The molecular formula is C12H22N2O2. The number of hydrogen-bond donors (Lipinski definition) is 1. The van der Waals surface area contributed by atoms with Crippen molar-refractivity contribution in [2.45, 2.75) is 50.7 Å². The lowest BCUT2D eigenvalue weighted by atomic mass is 9.96. The number of amides is 1. The lowest BCUT2D eigenvalue weighted by Gasteiger charge is -2.37. The third-order valence-electron chi connectivity index (χ3n) is 3.80. The van der Waals surface area contributed by atoms with Crippen LogP contribution in [-0.2, 0) is 9.53 Å². The van der Waals surface area contributed by atoms with Crippen LogP contribution in [-0.4, -0.2) is 42.1 Å². The second kappa shape index (κ2) is 4.72. The average molecular weight is 226 g/mol. The summed E-state index contributed by atoms with van der Waals surface area (Å²) in [6.45, 7) is 4.16. The fourth-order valence-electron chi connectivity index (χ4n) is 2.69. The standard InChI is InChI=1S/C12H22N2O2/c1-2-10-9-14(7-8-16-10)11(15)12(13)5-3-4-6-12/h10H,2-9,13H2,1H3. The van der Waals surface area contributed by atoms with E-state index in [4.69, 9.17) is 10.5 Å². The minimum absolute atomic E-state index is 0.145. The summed E-state index contributed by atoms with van der Waals surface area (Å²) < 4.78 is 5.57. The maximum atomic E-state index is 12.3. The van der Waals surface area contributed by atoms with Crippen molar-refractivity contribution in [1.29, 1.82) is 0 Å². The number of carbonyl (C=O) groups excluding carboxylic acids is 1. The molecule has 0 aromatic heterocycles. The highest BCUT2D eigenvalue weighted by Gasteiger charge is 2.40. The molecule has 0 bridgehead atoms. The number of morpholine rings is 1. The third-order valence-corrected chi connectivity index (χ3v) is 3.80. The zero-order valence-corrected chi connectivity index (χ0v) is 10.1. The molecule has 1 saturated carbocycles. The van der Waals surface area contributed by atoms with Crippen LogP contribution in [0.2, 0.25) is 0 Å². The topological polar surface area (TPSA) is 55.6 Å². The van der Waals surface area contributed by atoms with Gasteiger partial charge in [-0.3, -0.25) is 4.79 Å². The van der Waals surface area contributed by atoms with E-state index in [1.807, 2.05) is 4.90 Å². The van der Waals surface area contributed by atoms with Crippen LogP contribution in [0, 0.1) is 0 Å². The number of nitrogens with two attached hydrogens (primary N) is 1. The van der Waals surface area contributed by atoms with Crippen molar-refractivity contribution >= 4 is 5.91 Å². The Morgan fingerprint density at radius 1 is 1.50 bits per heavy atom. The molecule has 0 aromatic rings. The summed E-state index contributed by atoms with van der Waals surface area (Å²) in [6, 6.07) is 0. The molecule has 1 aliphatic carbocycles. The molecule has 92 valence electrons. The summed E-state index contributed by atoms with van der Waals surface area (Å²) in [5.41, 5.74) is 5.61. The van der Waals surface area contributed by atoms with E-state index in [9.17, 15) is 4.79 Å². The normalized spacial score (nSPS) is 29.4. The highest BCUT2D eigenvalue weighted by Crippen LogP contribution is 2.29. The molecule has 4 heteroatoms. The number of hydrogen-bond acceptors (Lipinski definition) is 3. The molecule has 4 nitrogen and oxygen atoms in total. The zero-order chi connectivity index (χ0) is 11.6. The first-order valence-electron chi connectivity index (χ1n) is 6.35. The quantitative estimate of drug-likeness (QED) is 0.761. The lowest BCUT2D eigenvalue weighted by molar-refractivity contribution is -0.144. The van der Waals surface area contributed by atoms with Gasteiger partial charge in [0.2, 0.25) is 5.91 Å². The van der Waals surface area contributed by atoms with Crippen molar-refractivity contribution in [3.63, 3.8) is 0 Å². The van der Waals surface area contributed by atoms with Crippen LogP contribution in [0.15, 0.2) is 0 Å². The molecule has 2 fully saturated rings. The van der Waals surface area contributed by atoms with Crippen molar-refractivity contribution in [2.24, 2.45) is 5.73 Å².